The number of imide groups is 1. The third kappa shape index (κ3) is 3.52. The lowest BCUT2D eigenvalue weighted by Gasteiger charge is -2.31. The quantitative estimate of drug-likeness (QED) is 0.427. The van der Waals surface area contributed by atoms with Crippen molar-refractivity contribution in [1.29, 1.82) is 0 Å². The van der Waals surface area contributed by atoms with Crippen LogP contribution in [-0.4, -0.2) is 38.8 Å². The van der Waals surface area contributed by atoms with Crippen LogP contribution in [0, 0.1) is 5.82 Å². The molecule has 2 N–H and O–H groups in total. The number of carbonyl (C=O) groups excluding carboxylic acids is 3. The van der Waals surface area contributed by atoms with Crippen molar-refractivity contribution in [2.24, 2.45) is 0 Å². The molecule has 0 spiro atoms. The Morgan fingerprint density at radius 3 is 2.31 bits per heavy atom. The molecule has 3 heterocycles. The van der Waals surface area contributed by atoms with E-state index in [1.165, 1.54) is 17.0 Å². The molecule has 3 aromatic carbocycles. The maximum atomic E-state index is 13.7. The molecule has 2 aliphatic heterocycles. The van der Waals surface area contributed by atoms with Crippen LogP contribution in [0.25, 0.3) is 16.8 Å². The molecule has 178 valence electrons. The van der Waals surface area contributed by atoms with Gasteiger partial charge in [0.15, 0.2) is 5.54 Å². The zero-order chi connectivity index (χ0) is 24.9. The maximum absolute atomic E-state index is 13.7. The number of nitrogens with one attached hydrogen (secondary N) is 2. The van der Waals surface area contributed by atoms with Crippen LogP contribution in [-0.2, 0) is 16.9 Å². The molecule has 0 aliphatic carbocycles. The monoisotopic (exact) mass is 481 g/mol. The first kappa shape index (κ1) is 21.7. The largest absolute Gasteiger partial charge is 0.331 e. The summed E-state index contributed by atoms with van der Waals surface area (Å²) in [6.07, 6.45) is 5.31. The van der Waals surface area contributed by atoms with Gasteiger partial charge in [0.05, 0.1) is 12.9 Å². The standard InChI is InChI=1S/C27H20FN5O3/c28-21-8-3-19-14-33(24(34)23(19)13-21)15-27(25(35)30-26(36)31-27)20-6-1-17(2-7-20)18-4-9-22(10-5-18)32-12-11-29-16-32/h1-13,16H,14-15H2,(H2,30,31,35,36)/t27-/m0/s1. The number of hydrogen-bond acceptors (Lipinski definition) is 4. The lowest BCUT2D eigenvalue weighted by Crippen LogP contribution is -2.52. The van der Waals surface area contributed by atoms with E-state index < -0.39 is 23.3 Å². The highest BCUT2D eigenvalue weighted by Gasteiger charge is 2.50. The first-order valence-corrected chi connectivity index (χ1v) is 11.3. The Morgan fingerprint density at radius 1 is 0.944 bits per heavy atom. The van der Waals surface area contributed by atoms with Crippen LogP contribution in [0.4, 0.5) is 9.18 Å². The minimum Gasteiger partial charge on any atom is -0.331 e. The molecule has 0 radical (unpaired) electrons. The van der Waals surface area contributed by atoms with Gasteiger partial charge < -0.3 is 14.8 Å². The second-order valence-electron chi connectivity index (χ2n) is 8.87. The zero-order valence-electron chi connectivity index (χ0n) is 18.9. The van der Waals surface area contributed by atoms with E-state index in [4.69, 9.17) is 0 Å². The molecule has 0 saturated carbocycles. The summed E-state index contributed by atoms with van der Waals surface area (Å²) in [4.78, 5) is 43.7. The third-order valence-electron chi connectivity index (χ3n) is 6.70. The first-order valence-electron chi connectivity index (χ1n) is 11.3. The van der Waals surface area contributed by atoms with Gasteiger partial charge in [-0.2, -0.15) is 0 Å². The highest BCUT2D eigenvalue weighted by Crippen LogP contribution is 2.32. The first-order chi connectivity index (χ1) is 17.4. The minimum atomic E-state index is -1.46. The molecule has 36 heavy (non-hydrogen) atoms. The Bertz CT molecular complexity index is 1500. The van der Waals surface area contributed by atoms with Crippen molar-refractivity contribution in [1.82, 2.24) is 25.1 Å². The van der Waals surface area contributed by atoms with E-state index in [1.807, 2.05) is 47.2 Å². The third-order valence-corrected chi connectivity index (χ3v) is 6.70. The molecule has 2 aliphatic rings. The van der Waals surface area contributed by atoms with E-state index in [1.54, 1.807) is 30.7 Å². The van der Waals surface area contributed by atoms with Crippen molar-refractivity contribution in [3.8, 4) is 16.8 Å². The lowest BCUT2D eigenvalue weighted by molar-refractivity contribution is -0.124. The summed E-state index contributed by atoms with van der Waals surface area (Å²) in [5, 5.41) is 5.02. The van der Waals surface area contributed by atoms with E-state index in [9.17, 15) is 18.8 Å². The van der Waals surface area contributed by atoms with Crippen molar-refractivity contribution in [3.05, 3.63) is 108 Å². The SMILES string of the molecule is O=C1NC(=O)[C@](CN2Cc3ccc(F)cc3C2=O)(c2ccc(-c3ccc(-n4ccnc4)cc3)cc2)N1. The Kier molecular flexibility index (Phi) is 4.92. The van der Waals surface area contributed by atoms with Gasteiger partial charge in [0.2, 0.25) is 0 Å². The van der Waals surface area contributed by atoms with Crippen LogP contribution in [0.3, 0.4) is 0 Å². The number of hydrogen-bond donors (Lipinski definition) is 2. The summed E-state index contributed by atoms with van der Waals surface area (Å²) in [7, 11) is 0. The summed E-state index contributed by atoms with van der Waals surface area (Å²) >= 11 is 0. The summed E-state index contributed by atoms with van der Waals surface area (Å²) in [6.45, 7) is 0.138. The van der Waals surface area contributed by atoms with Gasteiger partial charge in [0.1, 0.15) is 5.82 Å². The Hall–Kier alpha value is -4.79. The maximum Gasteiger partial charge on any atom is 0.322 e. The second kappa shape index (κ2) is 8.16. The van der Waals surface area contributed by atoms with Gasteiger partial charge in [-0.25, -0.2) is 14.2 Å². The lowest BCUT2D eigenvalue weighted by atomic mass is 9.88. The van der Waals surface area contributed by atoms with Crippen LogP contribution < -0.4 is 10.6 Å². The molecule has 1 saturated heterocycles. The average Bonchev–Trinajstić information content (AvgIpc) is 3.59. The average molecular weight is 481 g/mol. The van der Waals surface area contributed by atoms with Crippen LogP contribution in [0.5, 0.6) is 0 Å². The van der Waals surface area contributed by atoms with Crippen molar-refractivity contribution in [2.75, 3.05) is 6.54 Å². The molecule has 6 rings (SSSR count). The van der Waals surface area contributed by atoms with Crippen molar-refractivity contribution >= 4 is 17.8 Å². The number of nitrogens with zero attached hydrogens (tertiary/aromatic N) is 3. The molecule has 8 nitrogen and oxygen atoms in total. The molecular formula is C27H20FN5O3. The Labute approximate surface area is 205 Å². The topological polar surface area (TPSA) is 96.3 Å². The summed E-state index contributed by atoms with van der Waals surface area (Å²) in [5.41, 5.74) is 2.91. The fourth-order valence-corrected chi connectivity index (χ4v) is 4.83. The number of carbonyl (C=O) groups is 3. The fraction of sp³-hybridized carbons (Fsp3) is 0.111. The van der Waals surface area contributed by atoms with Crippen LogP contribution in [0.1, 0.15) is 21.5 Å². The van der Waals surface area contributed by atoms with Gasteiger partial charge in [0.25, 0.3) is 11.8 Å². The number of benzene rings is 3. The number of urea groups is 1. The van der Waals surface area contributed by atoms with E-state index in [-0.39, 0.29) is 24.6 Å². The normalized spacial score (nSPS) is 18.8. The minimum absolute atomic E-state index is 0.0847. The van der Waals surface area contributed by atoms with Gasteiger partial charge >= 0.3 is 6.03 Å². The van der Waals surface area contributed by atoms with Crippen LogP contribution in [0.15, 0.2) is 85.5 Å². The molecule has 1 fully saturated rings. The van der Waals surface area contributed by atoms with Gasteiger partial charge in [0, 0.05) is 30.2 Å². The molecule has 1 atom stereocenters. The van der Waals surface area contributed by atoms with Crippen molar-refractivity contribution in [2.45, 2.75) is 12.1 Å². The van der Waals surface area contributed by atoms with Gasteiger partial charge in [-0.1, -0.05) is 42.5 Å². The molecule has 9 heteroatoms. The molecule has 0 bridgehead atoms. The second-order valence-corrected chi connectivity index (χ2v) is 8.87. The van der Waals surface area contributed by atoms with Gasteiger partial charge in [-0.15, -0.1) is 0 Å². The fourth-order valence-electron chi connectivity index (χ4n) is 4.83. The van der Waals surface area contributed by atoms with Crippen LogP contribution in [0.2, 0.25) is 0 Å². The van der Waals surface area contributed by atoms with Gasteiger partial charge in [-0.3, -0.25) is 14.9 Å². The van der Waals surface area contributed by atoms with Crippen molar-refractivity contribution < 1.29 is 18.8 Å². The number of amides is 4. The Balaban J connectivity index is 1.29. The molecule has 1 aromatic heterocycles. The highest BCUT2D eigenvalue weighted by molar-refractivity contribution is 6.08. The van der Waals surface area contributed by atoms with Crippen molar-refractivity contribution in [3.63, 3.8) is 0 Å². The summed E-state index contributed by atoms with van der Waals surface area (Å²) in [5.74, 6) is -1.42. The molecule has 4 amide bonds. The van der Waals surface area contributed by atoms with E-state index >= 15 is 0 Å². The van der Waals surface area contributed by atoms with E-state index in [0.29, 0.717) is 11.1 Å². The number of aromatic nitrogens is 2. The van der Waals surface area contributed by atoms with E-state index in [0.717, 1.165) is 16.8 Å². The number of fused-ring (bicyclic) bond motifs is 1. The molecular weight excluding hydrogens is 461 g/mol. The smallest absolute Gasteiger partial charge is 0.322 e. The van der Waals surface area contributed by atoms with E-state index in [2.05, 4.69) is 15.6 Å². The predicted octanol–water partition coefficient (Wildman–Crippen LogP) is 3.37. The molecule has 0 unspecified atom stereocenters. The molecule has 4 aromatic rings. The Morgan fingerprint density at radius 2 is 1.67 bits per heavy atom. The number of halogens is 1. The number of imidazole rings is 1. The summed E-state index contributed by atoms with van der Waals surface area (Å²) < 4.78 is 15.6. The number of rotatable bonds is 5. The predicted molar refractivity (Wildman–Crippen MR) is 128 cm³/mol. The van der Waals surface area contributed by atoms with Crippen LogP contribution >= 0.6 is 0 Å². The zero-order valence-corrected chi connectivity index (χ0v) is 18.9. The summed E-state index contributed by atoms with van der Waals surface area (Å²) in [6, 6.07) is 18.7. The highest BCUT2D eigenvalue weighted by atomic mass is 19.1. The van der Waals surface area contributed by atoms with Gasteiger partial charge in [-0.05, 0) is 46.5 Å².